The lowest BCUT2D eigenvalue weighted by atomic mass is 10.2. The van der Waals surface area contributed by atoms with E-state index in [0.717, 1.165) is 16.7 Å². The van der Waals surface area contributed by atoms with Gasteiger partial charge in [-0.15, -0.1) is 0 Å². The Balaban J connectivity index is 1.98. The first-order valence-electron chi connectivity index (χ1n) is 6.45. The molecule has 1 heterocycles. The van der Waals surface area contributed by atoms with Crippen LogP contribution < -0.4 is 4.90 Å². The average Bonchev–Trinajstić information content (AvgIpc) is 2.77. The monoisotopic (exact) mass is 367 g/mol. The van der Waals surface area contributed by atoms with Gasteiger partial charge in [0.05, 0.1) is 10.6 Å². The fourth-order valence-corrected chi connectivity index (χ4v) is 3.36. The Kier molecular flexibility index (Phi) is 4.43. The molecule has 3 nitrogen and oxygen atoms in total. The number of rotatable bonds is 2. The van der Waals surface area contributed by atoms with E-state index in [1.807, 2.05) is 0 Å². The van der Waals surface area contributed by atoms with E-state index in [9.17, 15) is 14.0 Å². The summed E-state index contributed by atoms with van der Waals surface area (Å²) in [6.45, 7) is 0. The Labute approximate surface area is 145 Å². The number of halogens is 3. The van der Waals surface area contributed by atoms with Gasteiger partial charge in [-0.05, 0) is 47.7 Å². The van der Waals surface area contributed by atoms with Crippen LogP contribution in [0.15, 0.2) is 47.4 Å². The number of para-hydroxylation sites is 1. The number of amides is 2. The van der Waals surface area contributed by atoms with E-state index >= 15 is 0 Å². The van der Waals surface area contributed by atoms with Crippen LogP contribution in [0.4, 0.5) is 14.9 Å². The number of anilines is 1. The first kappa shape index (κ1) is 16.1. The topological polar surface area (TPSA) is 37.4 Å². The fourth-order valence-electron chi connectivity index (χ4n) is 2.07. The molecule has 1 fully saturated rings. The van der Waals surface area contributed by atoms with E-state index in [2.05, 4.69) is 0 Å². The van der Waals surface area contributed by atoms with Gasteiger partial charge in [0, 0.05) is 10.0 Å². The van der Waals surface area contributed by atoms with E-state index in [4.69, 9.17) is 23.2 Å². The molecule has 7 heteroatoms. The maximum Gasteiger partial charge on any atom is 0.298 e. The zero-order chi connectivity index (χ0) is 16.6. The predicted molar refractivity (Wildman–Crippen MR) is 91.3 cm³/mol. The Morgan fingerprint density at radius 1 is 1.09 bits per heavy atom. The number of hydrogen-bond donors (Lipinski definition) is 0. The lowest BCUT2D eigenvalue weighted by Crippen LogP contribution is -2.28. The summed E-state index contributed by atoms with van der Waals surface area (Å²) >= 11 is 12.6. The Bertz CT molecular complexity index is 854. The minimum Gasteiger partial charge on any atom is -0.268 e. The van der Waals surface area contributed by atoms with E-state index < -0.39 is 17.0 Å². The van der Waals surface area contributed by atoms with Gasteiger partial charge < -0.3 is 0 Å². The average molecular weight is 368 g/mol. The molecule has 1 aliphatic rings. The molecular weight excluding hydrogens is 360 g/mol. The van der Waals surface area contributed by atoms with Gasteiger partial charge in [0.1, 0.15) is 5.82 Å². The molecule has 2 aromatic carbocycles. The first-order valence-corrected chi connectivity index (χ1v) is 8.02. The molecule has 0 radical (unpaired) electrons. The van der Waals surface area contributed by atoms with Crippen LogP contribution >= 0.6 is 35.0 Å². The van der Waals surface area contributed by atoms with E-state index in [0.29, 0.717) is 15.6 Å². The number of benzene rings is 2. The Hall–Kier alpha value is -1.82. The largest absolute Gasteiger partial charge is 0.298 e. The highest BCUT2D eigenvalue weighted by atomic mass is 35.5. The van der Waals surface area contributed by atoms with Gasteiger partial charge in [0.2, 0.25) is 0 Å². The fraction of sp³-hybridized carbons (Fsp3) is 0. The van der Waals surface area contributed by atoms with Crippen molar-refractivity contribution >= 4 is 57.9 Å². The third-order valence-electron chi connectivity index (χ3n) is 3.14. The van der Waals surface area contributed by atoms with Crippen molar-refractivity contribution in [2.75, 3.05) is 4.90 Å². The standard InChI is InChI=1S/C16H8Cl2FNO2S/c17-10-6-5-9(11(18)8-10)7-14-15(21)20(16(22)23-14)13-4-2-1-3-12(13)19/h1-8H/b14-7-. The normalized spacial score (nSPS) is 16.5. The number of nitrogens with zero attached hydrogens (tertiary/aromatic N) is 1. The molecular formula is C16H8Cl2FNO2S. The second kappa shape index (κ2) is 6.35. The molecule has 116 valence electrons. The molecule has 2 amide bonds. The third-order valence-corrected chi connectivity index (χ3v) is 4.57. The van der Waals surface area contributed by atoms with E-state index in [1.165, 1.54) is 30.3 Å². The molecule has 0 atom stereocenters. The van der Waals surface area contributed by atoms with Crippen molar-refractivity contribution < 1.29 is 14.0 Å². The molecule has 23 heavy (non-hydrogen) atoms. The van der Waals surface area contributed by atoms with Crippen molar-refractivity contribution in [3.8, 4) is 0 Å². The van der Waals surface area contributed by atoms with Gasteiger partial charge in [-0.25, -0.2) is 9.29 Å². The SMILES string of the molecule is O=C1S/C(=C\c2ccc(Cl)cc2Cl)C(=O)N1c1ccccc1F. The summed E-state index contributed by atoms with van der Waals surface area (Å²) in [5.74, 6) is -1.23. The predicted octanol–water partition coefficient (Wildman–Crippen LogP) is 5.37. The van der Waals surface area contributed by atoms with Crippen LogP contribution in [0.2, 0.25) is 10.0 Å². The minimum absolute atomic E-state index is 0.0689. The summed E-state index contributed by atoms with van der Waals surface area (Å²) in [4.78, 5) is 25.5. The maximum absolute atomic E-state index is 13.8. The van der Waals surface area contributed by atoms with E-state index in [1.54, 1.807) is 18.2 Å². The Morgan fingerprint density at radius 2 is 1.83 bits per heavy atom. The van der Waals surface area contributed by atoms with Crippen LogP contribution in [0, 0.1) is 5.82 Å². The number of thioether (sulfide) groups is 1. The highest BCUT2D eigenvalue weighted by Gasteiger charge is 2.37. The summed E-state index contributed by atoms with van der Waals surface area (Å²) in [5, 5.41) is 0.262. The zero-order valence-electron chi connectivity index (χ0n) is 11.4. The van der Waals surface area contributed by atoms with Crippen LogP contribution in [0.3, 0.4) is 0 Å². The summed E-state index contributed by atoms with van der Waals surface area (Å²) < 4.78 is 13.8. The second-order valence-corrected chi connectivity index (χ2v) is 6.47. The molecule has 1 saturated heterocycles. The molecule has 3 rings (SSSR count). The summed E-state index contributed by atoms with van der Waals surface area (Å²) in [6, 6.07) is 10.4. The van der Waals surface area contributed by atoms with Crippen LogP contribution in [0.25, 0.3) is 6.08 Å². The molecule has 2 aromatic rings. The van der Waals surface area contributed by atoms with Gasteiger partial charge in [-0.2, -0.15) is 0 Å². The number of hydrogen-bond acceptors (Lipinski definition) is 3. The van der Waals surface area contributed by atoms with Crippen molar-refractivity contribution in [3.05, 3.63) is 68.8 Å². The molecule has 0 bridgehead atoms. The van der Waals surface area contributed by atoms with Crippen molar-refractivity contribution in [1.82, 2.24) is 0 Å². The molecule has 0 aliphatic carbocycles. The highest BCUT2D eigenvalue weighted by molar-refractivity contribution is 8.19. The van der Waals surface area contributed by atoms with Crippen molar-refractivity contribution in [2.24, 2.45) is 0 Å². The van der Waals surface area contributed by atoms with Crippen LogP contribution in [0.1, 0.15) is 5.56 Å². The smallest absolute Gasteiger partial charge is 0.268 e. The molecule has 0 N–H and O–H groups in total. The number of carbonyl (C=O) groups excluding carboxylic acids is 2. The Morgan fingerprint density at radius 3 is 2.52 bits per heavy atom. The molecule has 1 aliphatic heterocycles. The summed E-state index contributed by atoms with van der Waals surface area (Å²) in [7, 11) is 0. The summed E-state index contributed by atoms with van der Waals surface area (Å²) in [5.41, 5.74) is 0.482. The maximum atomic E-state index is 13.8. The lowest BCUT2D eigenvalue weighted by Gasteiger charge is -2.12. The van der Waals surface area contributed by atoms with Gasteiger partial charge in [0.15, 0.2) is 0 Å². The zero-order valence-corrected chi connectivity index (χ0v) is 13.8. The van der Waals surface area contributed by atoms with Crippen molar-refractivity contribution in [1.29, 1.82) is 0 Å². The van der Waals surface area contributed by atoms with Gasteiger partial charge in [0.25, 0.3) is 11.1 Å². The molecule has 0 unspecified atom stereocenters. The van der Waals surface area contributed by atoms with Crippen molar-refractivity contribution in [3.63, 3.8) is 0 Å². The van der Waals surface area contributed by atoms with Crippen molar-refractivity contribution in [2.45, 2.75) is 0 Å². The number of imide groups is 1. The quantitative estimate of drug-likeness (QED) is 0.669. The van der Waals surface area contributed by atoms with Crippen LogP contribution in [-0.4, -0.2) is 11.1 Å². The first-order chi connectivity index (χ1) is 11.0. The highest BCUT2D eigenvalue weighted by Crippen LogP contribution is 2.37. The van der Waals surface area contributed by atoms with E-state index in [-0.39, 0.29) is 10.6 Å². The summed E-state index contributed by atoms with van der Waals surface area (Å²) in [6.07, 6.45) is 1.49. The van der Waals surface area contributed by atoms with Gasteiger partial charge in [-0.3, -0.25) is 9.59 Å². The lowest BCUT2D eigenvalue weighted by molar-refractivity contribution is -0.113. The third kappa shape index (κ3) is 3.13. The molecule has 0 saturated carbocycles. The van der Waals surface area contributed by atoms with Crippen LogP contribution in [-0.2, 0) is 4.79 Å². The number of carbonyl (C=O) groups is 2. The second-order valence-electron chi connectivity index (χ2n) is 4.63. The van der Waals surface area contributed by atoms with Gasteiger partial charge >= 0.3 is 0 Å². The minimum atomic E-state index is -0.638. The van der Waals surface area contributed by atoms with Crippen LogP contribution in [0.5, 0.6) is 0 Å². The van der Waals surface area contributed by atoms with Gasteiger partial charge in [-0.1, -0.05) is 41.4 Å². The molecule has 0 aromatic heterocycles. The molecule has 0 spiro atoms.